The van der Waals surface area contributed by atoms with Crippen molar-refractivity contribution in [2.75, 3.05) is 13.2 Å². The number of esters is 3. The topological polar surface area (TPSA) is 78.9 Å². The normalized spacial score (nSPS) is 12.5. The molecule has 2 atom stereocenters. The minimum atomic E-state index is -0.761. The van der Waals surface area contributed by atoms with E-state index in [1.807, 2.05) is 0 Å². The van der Waals surface area contributed by atoms with Crippen molar-refractivity contribution < 1.29 is 28.6 Å². The highest BCUT2D eigenvalue weighted by molar-refractivity contribution is 5.71. The minimum absolute atomic E-state index is 0.0634. The molecule has 60 heavy (non-hydrogen) atoms. The zero-order valence-corrected chi connectivity index (χ0v) is 41.1. The van der Waals surface area contributed by atoms with E-state index >= 15 is 0 Å². The molecule has 0 aromatic rings. The van der Waals surface area contributed by atoms with Gasteiger partial charge in [-0.3, -0.25) is 14.4 Å². The molecule has 6 heteroatoms. The molecule has 0 bridgehead atoms. The fourth-order valence-electron chi connectivity index (χ4n) is 8.13. The van der Waals surface area contributed by atoms with Crippen LogP contribution < -0.4 is 0 Å². The van der Waals surface area contributed by atoms with E-state index in [1.54, 1.807) is 0 Å². The van der Waals surface area contributed by atoms with E-state index in [0.29, 0.717) is 19.3 Å². The molecule has 0 radical (unpaired) electrons. The molecular weight excluding hydrogens is 745 g/mol. The molecule has 0 aromatic carbocycles. The first kappa shape index (κ1) is 58.4. The summed E-state index contributed by atoms with van der Waals surface area (Å²) in [5.41, 5.74) is 0. The van der Waals surface area contributed by atoms with Gasteiger partial charge in [0.1, 0.15) is 13.2 Å². The number of unbranched alkanes of at least 4 members (excludes halogenated alkanes) is 32. The van der Waals surface area contributed by atoms with Crippen LogP contribution in [0.1, 0.15) is 298 Å². The lowest BCUT2D eigenvalue weighted by Crippen LogP contribution is -2.30. The average Bonchev–Trinajstić information content (AvgIpc) is 3.23. The molecule has 1 unspecified atom stereocenters. The molecule has 0 aliphatic heterocycles. The van der Waals surface area contributed by atoms with Crippen molar-refractivity contribution in [1.29, 1.82) is 0 Å². The Morgan fingerprint density at radius 1 is 0.350 bits per heavy atom. The summed E-state index contributed by atoms with van der Waals surface area (Å²) >= 11 is 0. The van der Waals surface area contributed by atoms with Crippen molar-refractivity contribution >= 4 is 17.9 Å². The first-order valence-electron chi connectivity index (χ1n) is 26.8. The van der Waals surface area contributed by atoms with Crippen LogP contribution in [-0.2, 0) is 28.6 Å². The molecule has 0 N–H and O–H groups in total. The molecule has 0 rings (SSSR count). The van der Waals surface area contributed by atoms with Gasteiger partial charge in [0.25, 0.3) is 0 Å². The van der Waals surface area contributed by atoms with Gasteiger partial charge in [0.2, 0.25) is 0 Å². The monoisotopic (exact) mass is 849 g/mol. The van der Waals surface area contributed by atoms with E-state index in [4.69, 9.17) is 14.2 Å². The number of carbonyl (C=O) groups excluding carboxylic acids is 3. The Morgan fingerprint density at radius 3 is 0.950 bits per heavy atom. The quantitative estimate of drug-likeness (QED) is 0.0345. The summed E-state index contributed by atoms with van der Waals surface area (Å²) in [6.45, 7) is 11.4. The van der Waals surface area contributed by atoms with Crippen molar-refractivity contribution in [3.05, 3.63) is 0 Å². The van der Waals surface area contributed by atoms with Crippen molar-refractivity contribution in [2.45, 2.75) is 304 Å². The molecule has 0 amide bonds. The van der Waals surface area contributed by atoms with Crippen molar-refractivity contribution in [2.24, 2.45) is 11.8 Å². The highest BCUT2D eigenvalue weighted by Gasteiger charge is 2.19. The van der Waals surface area contributed by atoms with E-state index in [1.165, 1.54) is 186 Å². The number of rotatable bonds is 48. The number of ether oxygens (including phenoxy) is 3. The van der Waals surface area contributed by atoms with Gasteiger partial charge in [0, 0.05) is 19.3 Å². The fraction of sp³-hybridized carbons (Fsp3) is 0.944. The van der Waals surface area contributed by atoms with Gasteiger partial charge in [0.05, 0.1) is 0 Å². The van der Waals surface area contributed by atoms with Crippen molar-refractivity contribution in [3.63, 3.8) is 0 Å². The third-order valence-corrected chi connectivity index (χ3v) is 12.6. The third-order valence-electron chi connectivity index (χ3n) is 12.6. The van der Waals surface area contributed by atoms with E-state index in [0.717, 1.165) is 69.6 Å². The summed E-state index contributed by atoms with van der Waals surface area (Å²) < 4.78 is 16.8. The molecule has 0 aliphatic carbocycles. The van der Waals surface area contributed by atoms with E-state index in [-0.39, 0.29) is 31.1 Å². The lowest BCUT2D eigenvalue weighted by Gasteiger charge is -2.18. The van der Waals surface area contributed by atoms with Gasteiger partial charge in [-0.05, 0) is 31.1 Å². The van der Waals surface area contributed by atoms with Crippen LogP contribution >= 0.6 is 0 Å². The highest BCUT2D eigenvalue weighted by atomic mass is 16.6. The van der Waals surface area contributed by atoms with Crippen LogP contribution in [0.25, 0.3) is 0 Å². The zero-order chi connectivity index (χ0) is 44.0. The summed E-state index contributed by atoms with van der Waals surface area (Å²) in [4.78, 5) is 38.0. The van der Waals surface area contributed by atoms with Gasteiger partial charge in [0.15, 0.2) is 6.10 Å². The maximum Gasteiger partial charge on any atom is 0.306 e. The van der Waals surface area contributed by atoms with Crippen LogP contribution in [0, 0.1) is 11.8 Å². The van der Waals surface area contributed by atoms with Gasteiger partial charge < -0.3 is 14.2 Å². The highest BCUT2D eigenvalue weighted by Crippen LogP contribution is 2.18. The van der Waals surface area contributed by atoms with Gasteiger partial charge in [-0.1, -0.05) is 259 Å². The zero-order valence-electron chi connectivity index (χ0n) is 41.1. The predicted molar refractivity (Wildman–Crippen MR) is 256 cm³/mol. The first-order chi connectivity index (χ1) is 29.3. The molecule has 0 heterocycles. The Labute approximate surface area is 374 Å². The first-order valence-corrected chi connectivity index (χ1v) is 26.8. The fourth-order valence-corrected chi connectivity index (χ4v) is 8.13. The second kappa shape index (κ2) is 46.9. The largest absolute Gasteiger partial charge is 0.462 e. The minimum Gasteiger partial charge on any atom is -0.462 e. The van der Waals surface area contributed by atoms with Crippen LogP contribution in [0.5, 0.6) is 0 Å². The number of carbonyl (C=O) groups is 3. The summed E-state index contributed by atoms with van der Waals surface area (Å²) in [7, 11) is 0. The summed E-state index contributed by atoms with van der Waals surface area (Å²) in [5.74, 6) is 0.864. The average molecular weight is 849 g/mol. The second-order valence-electron chi connectivity index (χ2n) is 19.2. The molecule has 0 aliphatic rings. The number of hydrogen-bond acceptors (Lipinski definition) is 6. The lowest BCUT2D eigenvalue weighted by molar-refractivity contribution is -0.167. The molecule has 0 saturated carbocycles. The molecule has 0 spiro atoms. The molecule has 356 valence electrons. The number of hydrogen-bond donors (Lipinski definition) is 0. The molecule has 0 saturated heterocycles. The van der Waals surface area contributed by atoms with Crippen molar-refractivity contribution in [3.8, 4) is 0 Å². The van der Waals surface area contributed by atoms with Gasteiger partial charge in [-0.25, -0.2) is 0 Å². The third kappa shape index (κ3) is 45.9. The Bertz CT molecular complexity index is 918. The Hall–Kier alpha value is -1.59. The van der Waals surface area contributed by atoms with Crippen LogP contribution in [0.2, 0.25) is 0 Å². The summed E-state index contributed by atoms with van der Waals surface area (Å²) in [5, 5.41) is 0. The van der Waals surface area contributed by atoms with Gasteiger partial charge in [-0.15, -0.1) is 0 Å². The standard InChI is InChI=1S/C54H104O6/c1-6-8-9-10-11-12-13-18-26-31-36-41-46-54(57)60-51(48-59-53(56)45-40-35-30-25-21-20-23-28-33-38-43-50(5)7-2)47-58-52(55)44-39-34-29-24-19-16-14-15-17-22-27-32-37-42-49(3)4/h49-51H,6-48H2,1-5H3/t50?,51-/m0/s1. The Balaban J connectivity index is 4.30. The summed E-state index contributed by atoms with van der Waals surface area (Å²) in [6, 6.07) is 0. The van der Waals surface area contributed by atoms with Gasteiger partial charge in [-0.2, -0.15) is 0 Å². The molecular formula is C54H104O6. The predicted octanol–water partition coefficient (Wildman–Crippen LogP) is 17.3. The van der Waals surface area contributed by atoms with Crippen LogP contribution in [0.15, 0.2) is 0 Å². The SMILES string of the molecule is CCCCCCCCCCCCCCC(=O)O[C@@H](COC(=O)CCCCCCCCCCCCCCCC(C)C)COC(=O)CCCCCCCCCCCCC(C)CC. The van der Waals surface area contributed by atoms with Gasteiger partial charge >= 0.3 is 17.9 Å². The second-order valence-corrected chi connectivity index (χ2v) is 19.2. The van der Waals surface area contributed by atoms with Crippen LogP contribution in [0.4, 0.5) is 0 Å². The lowest BCUT2D eigenvalue weighted by atomic mass is 9.99. The van der Waals surface area contributed by atoms with E-state index in [9.17, 15) is 14.4 Å². The van der Waals surface area contributed by atoms with E-state index < -0.39 is 6.10 Å². The molecule has 0 aromatic heterocycles. The maximum absolute atomic E-state index is 12.8. The smallest absolute Gasteiger partial charge is 0.306 e. The van der Waals surface area contributed by atoms with Crippen LogP contribution in [0.3, 0.4) is 0 Å². The summed E-state index contributed by atoms with van der Waals surface area (Å²) in [6.07, 6.45) is 47.9. The molecule has 6 nitrogen and oxygen atoms in total. The molecule has 0 fully saturated rings. The Kier molecular flexibility index (Phi) is 45.7. The Morgan fingerprint density at radius 2 is 0.633 bits per heavy atom. The van der Waals surface area contributed by atoms with E-state index in [2.05, 4.69) is 34.6 Å². The maximum atomic E-state index is 12.8. The van der Waals surface area contributed by atoms with Crippen LogP contribution in [-0.4, -0.2) is 37.2 Å². The van der Waals surface area contributed by atoms with Crippen molar-refractivity contribution in [1.82, 2.24) is 0 Å².